The van der Waals surface area contributed by atoms with E-state index in [0.29, 0.717) is 16.7 Å². The van der Waals surface area contributed by atoms with Crippen LogP contribution in [0.3, 0.4) is 0 Å². The molecule has 0 unspecified atom stereocenters. The molecular formula is C20H17N3OS. The van der Waals surface area contributed by atoms with Gasteiger partial charge in [0.2, 0.25) is 0 Å². The maximum Gasteiger partial charge on any atom is 0.190 e. The maximum absolute atomic E-state index is 12.6. The van der Waals surface area contributed by atoms with E-state index in [0.717, 1.165) is 17.7 Å². The van der Waals surface area contributed by atoms with E-state index in [1.165, 1.54) is 34.0 Å². The van der Waals surface area contributed by atoms with Crippen molar-refractivity contribution in [3.8, 4) is 11.1 Å². The number of nitrogen functional groups attached to an aromatic ring is 1. The number of hydrogen-bond donors (Lipinski definition) is 1. The van der Waals surface area contributed by atoms with E-state index in [4.69, 9.17) is 5.73 Å². The normalized spacial score (nSPS) is 11.9. The first-order valence-electron chi connectivity index (χ1n) is 8.08. The van der Waals surface area contributed by atoms with E-state index in [-0.39, 0.29) is 5.78 Å². The lowest BCUT2D eigenvalue weighted by Crippen LogP contribution is -2.05. The molecule has 0 aliphatic heterocycles. The second-order valence-electron chi connectivity index (χ2n) is 6.13. The summed E-state index contributed by atoms with van der Waals surface area (Å²) < 4.78 is 0. The summed E-state index contributed by atoms with van der Waals surface area (Å²) in [5.74, 6) is 0.805. The molecule has 0 atom stereocenters. The molecule has 4 rings (SSSR count). The number of Topliss-reactive ketones (excluding diaryl/α,β-unsaturated/α-hetero) is 1. The zero-order valence-corrected chi connectivity index (χ0v) is 14.6. The van der Waals surface area contributed by atoms with Gasteiger partial charge in [0.15, 0.2) is 10.9 Å². The predicted molar refractivity (Wildman–Crippen MR) is 101 cm³/mol. The van der Waals surface area contributed by atoms with E-state index in [1.54, 1.807) is 6.07 Å². The van der Waals surface area contributed by atoms with Crippen molar-refractivity contribution >= 4 is 23.4 Å². The van der Waals surface area contributed by atoms with Crippen LogP contribution in [0.1, 0.15) is 27.2 Å². The Bertz CT molecular complexity index is 964. The lowest BCUT2D eigenvalue weighted by Gasteiger charge is -2.05. The number of aromatic nitrogens is 2. The number of benzene rings is 2. The van der Waals surface area contributed by atoms with E-state index >= 15 is 0 Å². The average Bonchev–Trinajstić information content (AvgIpc) is 2.96. The van der Waals surface area contributed by atoms with Gasteiger partial charge in [-0.3, -0.25) is 4.79 Å². The standard InChI is InChI=1S/C20H17N3OS/c1-12-8-19(21)23-20(22-12)25-11-18(24)14-6-7-17-15(10-14)9-13-4-2-3-5-16(13)17/h2-8,10H,9,11H2,1H3,(H2,21,22,23). The van der Waals surface area contributed by atoms with Gasteiger partial charge in [-0.25, -0.2) is 9.97 Å². The van der Waals surface area contributed by atoms with Gasteiger partial charge in [-0.2, -0.15) is 0 Å². The van der Waals surface area contributed by atoms with E-state index < -0.39 is 0 Å². The molecule has 0 saturated carbocycles. The largest absolute Gasteiger partial charge is 0.384 e. The van der Waals surface area contributed by atoms with Crippen molar-refractivity contribution in [1.29, 1.82) is 0 Å². The molecule has 2 N–H and O–H groups in total. The Balaban J connectivity index is 1.51. The van der Waals surface area contributed by atoms with Gasteiger partial charge in [-0.05, 0) is 41.7 Å². The molecule has 2 aromatic carbocycles. The minimum atomic E-state index is 0.0763. The van der Waals surface area contributed by atoms with Gasteiger partial charge >= 0.3 is 0 Å². The Morgan fingerprint density at radius 1 is 1.08 bits per heavy atom. The van der Waals surface area contributed by atoms with E-state index in [9.17, 15) is 4.79 Å². The van der Waals surface area contributed by atoms with Gasteiger partial charge in [-0.1, -0.05) is 48.2 Å². The maximum atomic E-state index is 12.6. The Morgan fingerprint density at radius 2 is 1.88 bits per heavy atom. The number of hydrogen-bond acceptors (Lipinski definition) is 5. The number of nitrogens with two attached hydrogens (primary N) is 1. The number of nitrogens with zero attached hydrogens (tertiary/aromatic N) is 2. The molecule has 1 aromatic heterocycles. The Labute approximate surface area is 150 Å². The van der Waals surface area contributed by atoms with Crippen LogP contribution in [0.4, 0.5) is 5.82 Å². The molecule has 0 amide bonds. The van der Waals surface area contributed by atoms with Crippen molar-refractivity contribution in [3.05, 3.63) is 70.9 Å². The molecule has 25 heavy (non-hydrogen) atoms. The first-order valence-corrected chi connectivity index (χ1v) is 9.07. The lowest BCUT2D eigenvalue weighted by atomic mass is 10.0. The monoisotopic (exact) mass is 347 g/mol. The molecule has 0 radical (unpaired) electrons. The fourth-order valence-corrected chi connectivity index (χ4v) is 3.97. The summed E-state index contributed by atoms with van der Waals surface area (Å²) in [4.78, 5) is 21.0. The Kier molecular flexibility index (Phi) is 4.01. The highest BCUT2D eigenvalue weighted by Gasteiger charge is 2.19. The van der Waals surface area contributed by atoms with Crippen molar-refractivity contribution in [2.24, 2.45) is 0 Å². The number of anilines is 1. The van der Waals surface area contributed by atoms with Crippen LogP contribution in [-0.2, 0) is 6.42 Å². The van der Waals surface area contributed by atoms with E-state index in [1.807, 2.05) is 19.1 Å². The highest BCUT2D eigenvalue weighted by molar-refractivity contribution is 7.99. The zero-order chi connectivity index (χ0) is 17.4. The Morgan fingerprint density at radius 3 is 2.72 bits per heavy atom. The van der Waals surface area contributed by atoms with Crippen molar-refractivity contribution in [3.63, 3.8) is 0 Å². The number of thioether (sulfide) groups is 1. The fourth-order valence-electron chi connectivity index (χ4n) is 3.16. The van der Waals surface area contributed by atoms with Crippen molar-refractivity contribution in [2.45, 2.75) is 18.5 Å². The second kappa shape index (κ2) is 6.33. The number of carbonyl (C=O) groups excluding carboxylic acids is 1. The molecule has 3 aromatic rings. The van der Waals surface area contributed by atoms with Crippen LogP contribution in [0.25, 0.3) is 11.1 Å². The number of ketones is 1. The van der Waals surface area contributed by atoms with Crippen LogP contribution in [0.5, 0.6) is 0 Å². The van der Waals surface area contributed by atoms with Crippen molar-refractivity contribution in [2.75, 3.05) is 11.5 Å². The van der Waals surface area contributed by atoms with Crippen LogP contribution in [0.2, 0.25) is 0 Å². The van der Waals surface area contributed by atoms with Gasteiger partial charge in [0.25, 0.3) is 0 Å². The summed E-state index contributed by atoms with van der Waals surface area (Å²) in [6.45, 7) is 1.86. The SMILES string of the molecule is Cc1cc(N)nc(SCC(=O)c2ccc3c(c2)Cc2ccccc2-3)n1. The zero-order valence-electron chi connectivity index (χ0n) is 13.8. The molecule has 4 nitrogen and oxygen atoms in total. The lowest BCUT2D eigenvalue weighted by molar-refractivity contribution is 0.102. The molecule has 5 heteroatoms. The first kappa shape index (κ1) is 15.8. The summed E-state index contributed by atoms with van der Waals surface area (Å²) in [5.41, 5.74) is 12.3. The summed E-state index contributed by atoms with van der Waals surface area (Å²) in [6.07, 6.45) is 0.886. The highest BCUT2D eigenvalue weighted by atomic mass is 32.2. The third-order valence-corrected chi connectivity index (χ3v) is 5.15. The summed E-state index contributed by atoms with van der Waals surface area (Å²) in [6, 6.07) is 16.1. The summed E-state index contributed by atoms with van der Waals surface area (Å²) >= 11 is 1.32. The average molecular weight is 347 g/mol. The van der Waals surface area contributed by atoms with Gasteiger partial charge in [0.1, 0.15) is 5.82 Å². The molecule has 0 fully saturated rings. The molecular weight excluding hydrogens is 330 g/mol. The van der Waals surface area contributed by atoms with Crippen LogP contribution in [-0.4, -0.2) is 21.5 Å². The van der Waals surface area contributed by atoms with Gasteiger partial charge in [-0.15, -0.1) is 0 Å². The smallest absolute Gasteiger partial charge is 0.190 e. The minimum absolute atomic E-state index is 0.0763. The van der Waals surface area contributed by atoms with Crippen LogP contribution in [0.15, 0.2) is 53.7 Å². The molecule has 0 bridgehead atoms. The highest BCUT2D eigenvalue weighted by Crippen LogP contribution is 2.36. The van der Waals surface area contributed by atoms with Crippen LogP contribution in [0, 0.1) is 6.92 Å². The topological polar surface area (TPSA) is 68.9 Å². The summed E-state index contributed by atoms with van der Waals surface area (Å²) in [7, 11) is 0. The van der Waals surface area contributed by atoms with Gasteiger partial charge in [0.05, 0.1) is 5.75 Å². The summed E-state index contributed by atoms with van der Waals surface area (Å²) in [5, 5.41) is 0.541. The van der Waals surface area contributed by atoms with Gasteiger partial charge in [0, 0.05) is 17.3 Å². The number of carbonyl (C=O) groups is 1. The fraction of sp³-hybridized carbons (Fsp3) is 0.150. The second-order valence-corrected chi connectivity index (χ2v) is 7.08. The van der Waals surface area contributed by atoms with Gasteiger partial charge < -0.3 is 5.73 Å². The molecule has 1 aliphatic carbocycles. The van der Waals surface area contributed by atoms with Crippen molar-refractivity contribution < 1.29 is 4.79 Å². The number of rotatable bonds is 4. The van der Waals surface area contributed by atoms with Crippen molar-refractivity contribution in [1.82, 2.24) is 9.97 Å². The molecule has 124 valence electrons. The predicted octanol–water partition coefficient (Wildman–Crippen LogP) is 3.91. The molecule has 1 heterocycles. The van der Waals surface area contributed by atoms with E-state index in [2.05, 4.69) is 40.3 Å². The Hall–Kier alpha value is -2.66. The van der Waals surface area contributed by atoms with Crippen LogP contribution >= 0.6 is 11.8 Å². The number of aryl methyl sites for hydroxylation is 1. The quantitative estimate of drug-likeness (QED) is 0.344. The van der Waals surface area contributed by atoms with Crippen LogP contribution < -0.4 is 5.73 Å². The molecule has 1 aliphatic rings. The third-order valence-electron chi connectivity index (χ3n) is 4.30. The minimum Gasteiger partial charge on any atom is -0.384 e. The molecule has 0 spiro atoms. The third kappa shape index (κ3) is 3.15. The first-order chi connectivity index (χ1) is 12.1. The molecule has 0 saturated heterocycles. The number of fused-ring (bicyclic) bond motifs is 3.